The maximum absolute atomic E-state index is 12.0. The van der Waals surface area contributed by atoms with Gasteiger partial charge in [-0.3, -0.25) is 18.7 Å². The predicted molar refractivity (Wildman–Crippen MR) is 75.8 cm³/mol. The molecule has 0 aliphatic carbocycles. The van der Waals surface area contributed by atoms with Gasteiger partial charge in [0, 0.05) is 13.6 Å². The highest BCUT2D eigenvalue weighted by atomic mass is 16.5. The standard InChI is InChI=1S/C12H20N4O4/c1-4-5-6-16-10(13)9(14-7-8(17)20-3)11(18)15(2)12(16)19/h14H,4-7,13H2,1-3H3. The number of unbranched alkanes of at least 4 members (excludes halogenated alkanes) is 1. The number of nitrogens with one attached hydrogen (secondary N) is 1. The minimum atomic E-state index is -0.566. The molecule has 0 amide bonds. The van der Waals surface area contributed by atoms with Crippen molar-refractivity contribution in [3.63, 3.8) is 0 Å². The molecule has 3 N–H and O–H groups in total. The molecule has 8 heteroatoms. The van der Waals surface area contributed by atoms with Crippen LogP contribution in [0.1, 0.15) is 19.8 Å². The smallest absolute Gasteiger partial charge is 0.332 e. The summed E-state index contributed by atoms with van der Waals surface area (Å²) in [5.41, 5.74) is 4.86. The molecule has 0 aliphatic heterocycles. The Balaban J connectivity index is 3.23. The summed E-state index contributed by atoms with van der Waals surface area (Å²) in [5.74, 6) is -0.492. The highest BCUT2D eigenvalue weighted by Crippen LogP contribution is 2.11. The molecule has 0 saturated carbocycles. The van der Waals surface area contributed by atoms with Gasteiger partial charge in [-0.1, -0.05) is 13.3 Å². The molecule has 112 valence electrons. The van der Waals surface area contributed by atoms with Crippen molar-refractivity contribution in [3.8, 4) is 0 Å². The molecule has 1 heterocycles. The van der Waals surface area contributed by atoms with E-state index in [-0.39, 0.29) is 18.1 Å². The maximum atomic E-state index is 12.0. The Morgan fingerprint density at radius 1 is 1.40 bits per heavy atom. The van der Waals surface area contributed by atoms with E-state index < -0.39 is 17.2 Å². The van der Waals surface area contributed by atoms with E-state index in [1.807, 2.05) is 6.92 Å². The van der Waals surface area contributed by atoms with Crippen LogP contribution in [0.15, 0.2) is 9.59 Å². The SMILES string of the molecule is CCCCn1c(N)c(NCC(=O)OC)c(=O)n(C)c1=O. The average molecular weight is 284 g/mol. The molecular formula is C12H20N4O4. The van der Waals surface area contributed by atoms with E-state index in [1.165, 1.54) is 18.7 Å². The van der Waals surface area contributed by atoms with Gasteiger partial charge < -0.3 is 15.8 Å². The van der Waals surface area contributed by atoms with Gasteiger partial charge in [0.1, 0.15) is 18.1 Å². The first kappa shape index (κ1) is 15.8. The van der Waals surface area contributed by atoms with Crippen molar-refractivity contribution in [2.75, 3.05) is 24.7 Å². The first-order chi connectivity index (χ1) is 9.43. The zero-order chi connectivity index (χ0) is 15.3. The molecule has 0 fully saturated rings. The summed E-state index contributed by atoms with van der Waals surface area (Å²) in [6, 6.07) is 0. The van der Waals surface area contributed by atoms with Crippen molar-refractivity contribution in [3.05, 3.63) is 20.8 Å². The lowest BCUT2D eigenvalue weighted by Crippen LogP contribution is -2.41. The summed E-state index contributed by atoms with van der Waals surface area (Å²) < 4.78 is 6.77. The third kappa shape index (κ3) is 3.19. The molecule has 0 saturated heterocycles. The number of nitrogens with zero attached hydrogens (tertiary/aromatic N) is 2. The Bertz CT molecular complexity index is 603. The summed E-state index contributed by atoms with van der Waals surface area (Å²) in [6.45, 7) is 2.21. The molecule has 1 aromatic heterocycles. The second-order valence-corrected chi connectivity index (χ2v) is 4.34. The highest BCUT2D eigenvalue weighted by Gasteiger charge is 2.15. The first-order valence-corrected chi connectivity index (χ1v) is 6.34. The fraction of sp³-hybridized carbons (Fsp3) is 0.583. The Kier molecular flexibility index (Phi) is 5.36. The lowest BCUT2D eigenvalue weighted by atomic mass is 10.3. The lowest BCUT2D eigenvalue weighted by molar-refractivity contribution is -0.138. The second-order valence-electron chi connectivity index (χ2n) is 4.34. The van der Waals surface area contributed by atoms with Crippen molar-refractivity contribution in [2.45, 2.75) is 26.3 Å². The molecule has 0 aromatic carbocycles. The lowest BCUT2D eigenvalue weighted by Gasteiger charge is -2.15. The molecule has 8 nitrogen and oxygen atoms in total. The van der Waals surface area contributed by atoms with Crippen LogP contribution >= 0.6 is 0 Å². The zero-order valence-electron chi connectivity index (χ0n) is 11.9. The van der Waals surface area contributed by atoms with Crippen LogP contribution in [0.4, 0.5) is 11.5 Å². The van der Waals surface area contributed by atoms with Gasteiger partial charge in [-0.15, -0.1) is 0 Å². The van der Waals surface area contributed by atoms with Gasteiger partial charge >= 0.3 is 11.7 Å². The Morgan fingerprint density at radius 2 is 2.05 bits per heavy atom. The number of methoxy groups -OCH3 is 1. The molecule has 0 spiro atoms. The summed E-state index contributed by atoms with van der Waals surface area (Å²) in [4.78, 5) is 35.1. The molecule has 0 atom stereocenters. The van der Waals surface area contributed by atoms with Gasteiger partial charge in [0.15, 0.2) is 0 Å². The molecular weight excluding hydrogens is 264 g/mol. The second kappa shape index (κ2) is 6.78. The molecule has 20 heavy (non-hydrogen) atoms. The number of carbonyl (C=O) groups is 1. The van der Waals surface area contributed by atoms with Crippen molar-refractivity contribution in [1.82, 2.24) is 9.13 Å². The minimum Gasteiger partial charge on any atom is -0.468 e. The van der Waals surface area contributed by atoms with Crippen molar-refractivity contribution >= 4 is 17.5 Å². The predicted octanol–water partition coefficient (Wildman–Crippen LogP) is -0.486. The fourth-order valence-electron chi connectivity index (χ4n) is 1.71. The number of hydrogen-bond donors (Lipinski definition) is 2. The Hall–Kier alpha value is -2.25. The van der Waals surface area contributed by atoms with Crippen LogP contribution in [-0.4, -0.2) is 28.8 Å². The van der Waals surface area contributed by atoms with Crippen molar-refractivity contribution < 1.29 is 9.53 Å². The normalized spacial score (nSPS) is 10.3. The number of hydrogen-bond acceptors (Lipinski definition) is 6. The van der Waals surface area contributed by atoms with Crippen molar-refractivity contribution in [1.29, 1.82) is 0 Å². The molecule has 1 rings (SSSR count). The van der Waals surface area contributed by atoms with Gasteiger partial charge in [-0.05, 0) is 6.42 Å². The third-order valence-corrected chi connectivity index (χ3v) is 2.96. The molecule has 0 bridgehead atoms. The number of anilines is 2. The van der Waals surface area contributed by atoms with Crippen LogP contribution in [-0.2, 0) is 23.1 Å². The largest absolute Gasteiger partial charge is 0.468 e. The fourth-order valence-corrected chi connectivity index (χ4v) is 1.71. The van der Waals surface area contributed by atoms with E-state index in [1.54, 1.807) is 0 Å². The van der Waals surface area contributed by atoms with Crippen LogP contribution in [0.5, 0.6) is 0 Å². The van der Waals surface area contributed by atoms with E-state index in [0.29, 0.717) is 6.54 Å². The number of ether oxygens (including phenoxy) is 1. The van der Waals surface area contributed by atoms with Crippen LogP contribution < -0.4 is 22.3 Å². The number of aromatic nitrogens is 2. The quantitative estimate of drug-likeness (QED) is 0.683. The number of nitrogens with two attached hydrogens (primary N) is 1. The number of nitrogen functional groups attached to an aromatic ring is 1. The minimum absolute atomic E-state index is 0.0357. The molecule has 0 radical (unpaired) electrons. The maximum Gasteiger partial charge on any atom is 0.332 e. The summed E-state index contributed by atoms with van der Waals surface area (Å²) >= 11 is 0. The number of esters is 1. The molecule has 0 aliphatic rings. The molecule has 1 aromatic rings. The van der Waals surface area contributed by atoms with Gasteiger partial charge in [0.05, 0.1) is 7.11 Å². The van der Waals surface area contributed by atoms with E-state index in [0.717, 1.165) is 17.4 Å². The van der Waals surface area contributed by atoms with Crippen LogP contribution in [0.3, 0.4) is 0 Å². The highest BCUT2D eigenvalue weighted by molar-refractivity contribution is 5.76. The monoisotopic (exact) mass is 284 g/mol. The number of rotatable bonds is 6. The summed E-state index contributed by atoms with van der Waals surface area (Å²) in [7, 11) is 2.61. The average Bonchev–Trinajstić information content (AvgIpc) is 2.44. The first-order valence-electron chi connectivity index (χ1n) is 6.34. The van der Waals surface area contributed by atoms with Crippen LogP contribution in [0.25, 0.3) is 0 Å². The van der Waals surface area contributed by atoms with Crippen LogP contribution in [0.2, 0.25) is 0 Å². The van der Waals surface area contributed by atoms with Gasteiger partial charge in [0.2, 0.25) is 0 Å². The van der Waals surface area contributed by atoms with Crippen LogP contribution in [0, 0.1) is 0 Å². The molecule has 0 unspecified atom stereocenters. The van der Waals surface area contributed by atoms with E-state index in [4.69, 9.17) is 5.73 Å². The topological polar surface area (TPSA) is 108 Å². The van der Waals surface area contributed by atoms with Gasteiger partial charge in [0.25, 0.3) is 5.56 Å². The summed E-state index contributed by atoms with van der Waals surface area (Å²) in [5, 5.41) is 2.62. The van der Waals surface area contributed by atoms with E-state index in [2.05, 4.69) is 10.1 Å². The van der Waals surface area contributed by atoms with E-state index in [9.17, 15) is 14.4 Å². The number of carbonyl (C=O) groups excluding carboxylic acids is 1. The Morgan fingerprint density at radius 3 is 2.60 bits per heavy atom. The third-order valence-electron chi connectivity index (χ3n) is 2.96. The zero-order valence-corrected chi connectivity index (χ0v) is 11.9. The van der Waals surface area contributed by atoms with E-state index >= 15 is 0 Å². The summed E-state index contributed by atoms with van der Waals surface area (Å²) in [6.07, 6.45) is 1.65. The van der Waals surface area contributed by atoms with Gasteiger partial charge in [-0.25, -0.2) is 4.79 Å². The Labute approximate surface area is 116 Å². The van der Waals surface area contributed by atoms with Crippen molar-refractivity contribution in [2.24, 2.45) is 7.05 Å². The van der Waals surface area contributed by atoms with Gasteiger partial charge in [-0.2, -0.15) is 0 Å².